The van der Waals surface area contributed by atoms with E-state index in [4.69, 9.17) is 5.73 Å². The SMILES string of the molecule is Nc1ccc([C@@H]2CCCC[C@H]2Nc2ccccc2)cc1. The van der Waals surface area contributed by atoms with Crippen LogP contribution in [0.15, 0.2) is 54.6 Å². The average Bonchev–Trinajstić information content (AvgIpc) is 2.50. The number of hydrogen-bond acceptors (Lipinski definition) is 2. The van der Waals surface area contributed by atoms with Gasteiger partial charge in [0.2, 0.25) is 0 Å². The van der Waals surface area contributed by atoms with Gasteiger partial charge in [-0.15, -0.1) is 0 Å². The van der Waals surface area contributed by atoms with Crippen LogP contribution in [0.3, 0.4) is 0 Å². The molecule has 1 fully saturated rings. The van der Waals surface area contributed by atoms with Gasteiger partial charge in [-0.3, -0.25) is 0 Å². The van der Waals surface area contributed by atoms with Crippen LogP contribution in [0.5, 0.6) is 0 Å². The topological polar surface area (TPSA) is 38.0 Å². The molecule has 3 N–H and O–H groups in total. The minimum atomic E-state index is 0.523. The lowest BCUT2D eigenvalue weighted by Gasteiger charge is -2.33. The molecule has 0 bridgehead atoms. The first-order valence-electron chi connectivity index (χ1n) is 7.50. The first-order chi connectivity index (χ1) is 9.83. The van der Waals surface area contributed by atoms with E-state index in [0.29, 0.717) is 12.0 Å². The molecule has 1 aliphatic carbocycles. The minimum absolute atomic E-state index is 0.523. The number of nitrogen functional groups attached to an aromatic ring is 1. The molecule has 0 radical (unpaired) electrons. The Kier molecular flexibility index (Phi) is 3.91. The van der Waals surface area contributed by atoms with Gasteiger partial charge in [-0.25, -0.2) is 0 Å². The van der Waals surface area contributed by atoms with Crippen molar-refractivity contribution in [3.8, 4) is 0 Å². The number of benzene rings is 2. The molecule has 0 spiro atoms. The summed E-state index contributed by atoms with van der Waals surface area (Å²) in [5.74, 6) is 0.588. The highest BCUT2D eigenvalue weighted by Gasteiger charge is 2.26. The van der Waals surface area contributed by atoms with E-state index in [0.717, 1.165) is 5.69 Å². The zero-order valence-corrected chi connectivity index (χ0v) is 11.8. The van der Waals surface area contributed by atoms with E-state index in [1.165, 1.54) is 36.9 Å². The zero-order chi connectivity index (χ0) is 13.8. The standard InChI is InChI=1S/C18H22N2/c19-15-12-10-14(11-13-15)17-8-4-5-9-18(17)20-16-6-2-1-3-7-16/h1-3,6-7,10-13,17-18,20H,4-5,8-9,19H2/t17-,18+/m0/s1. The second kappa shape index (κ2) is 6.00. The monoisotopic (exact) mass is 266 g/mol. The predicted octanol–water partition coefficient (Wildman–Crippen LogP) is 4.41. The van der Waals surface area contributed by atoms with E-state index >= 15 is 0 Å². The molecule has 104 valence electrons. The molecule has 2 aromatic rings. The molecule has 1 saturated carbocycles. The Balaban J connectivity index is 1.78. The number of rotatable bonds is 3. The highest BCUT2D eigenvalue weighted by Crippen LogP contribution is 2.35. The molecule has 20 heavy (non-hydrogen) atoms. The first kappa shape index (κ1) is 13.0. The summed E-state index contributed by atoms with van der Waals surface area (Å²) in [7, 11) is 0. The highest BCUT2D eigenvalue weighted by molar-refractivity contribution is 5.46. The maximum absolute atomic E-state index is 5.80. The van der Waals surface area contributed by atoms with Crippen LogP contribution < -0.4 is 11.1 Å². The molecule has 1 aliphatic rings. The summed E-state index contributed by atoms with van der Waals surface area (Å²) in [6, 6.07) is 19.5. The minimum Gasteiger partial charge on any atom is -0.399 e. The van der Waals surface area contributed by atoms with E-state index in [2.05, 4.69) is 47.8 Å². The molecule has 2 aromatic carbocycles. The van der Waals surface area contributed by atoms with Crippen molar-refractivity contribution < 1.29 is 0 Å². The number of hydrogen-bond donors (Lipinski definition) is 2. The van der Waals surface area contributed by atoms with Gasteiger partial charge in [0.05, 0.1) is 0 Å². The molecular formula is C18H22N2. The fraction of sp³-hybridized carbons (Fsp3) is 0.333. The van der Waals surface area contributed by atoms with Crippen molar-refractivity contribution in [1.29, 1.82) is 0 Å². The van der Waals surface area contributed by atoms with Crippen molar-refractivity contribution in [3.05, 3.63) is 60.2 Å². The molecule has 0 heterocycles. The second-order valence-electron chi connectivity index (χ2n) is 5.67. The summed E-state index contributed by atoms with van der Waals surface area (Å²) >= 11 is 0. The summed E-state index contributed by atoms with van der Waals surface area (Å²) in [5.41, 5.74) is 9.28. The van der Waals surface area contributed by atoms with E-state index < -0.39 is 0 Å². The summed E-state index contributed by atoms with van der Waals surface area (Å²) < 4.78 is 0. The largest absolute Gasteiger partial charge is 0.399 e. The van der Waals surface area contributed by atoms with Gasteiger partial charge in [-0.1, -0.05) is 43.2 Å². The van der Waals surface area contributed by atoms with E-state index in [9.17, 15) is 0 Å². The van der Waals surface area contributed by atoms with Crippen molar-refractivity contribution in [2.75, 3.05) is 11.1 Å². The predicted molar refractivity (Wildman–Crippen MR) is 85.9 cm³/mol. The van der Waals surface area contributed by atoms with Crippen molar-refractivity contribution in [3.63, 3.8) is 0 Å². The molecule has 0 saturated heterocycles. The molecule has 3 rings (SSSR count). The number of nitrogens with one attached hydrogen (secondary N) is 1. The first-order valence-corrected chi connectivity index (χ1v) is 7.50. The quantitative estimate of drug-likeness (QED) is 0.808. The Morgan fingerprint density at radius 2 is 1.55 bits per heavy atom. The van der Waals surface area contributed by atoms with Crippen LogP contribution in [0.2, 0.25) is 0 Å². The Labute approximate surface area is 121 Å². The lowest BCUT2D eigenvalue weighted by Crippen LogP contribution is -2.30. The fourth-order valence-corrected chi connectivity index (χ4v) is 3.19. The third-order valence-electron chi connectivity index (χ3n) is 4.26. The summed E-state index contributed by atoms with van der Waals surface area (Å²) in [5, 5.41) is 3.71. The van der Waals surface area contributed by atoms with Gasteiger partial charge >= 0.3 is 0 Å². The van der Waals surface area contributed by atoms with E-state index in [1.807, 2.05) is 12.1 Å². The maximum atomic E-state index is 5.80. The Morgan fingerprint density at radius 3 is 2.30 bits per heavy atom. The van der Waals surface area contributed by atoms with Crippen LogP contribution in [0, 0.1) is 0 Å². The third-order valence-corrected chi connectivity index (χ3v) is 4.26. The number of nitrogens with two attached hydrogens (primary N) is 1. The molecule has 0 unspecified atom stereocenters. The summed E-state index contributed by atoms with van der Waals surface area (Å²) in [6.45, 7) is 0. The van der Waals surface area contributed by atoms with Crippen molar-refractivity contribution >= 4 is 11.4 Å². The lowest BCUT2D eigenvalue weighted by molar-refractivity contribution is 0.405. The van der Waals surface area contributed by atoms with Crippen molar-refractivity contribution in [1.82, 2.24) is 0 Å². The maximum Gasteiger partial charge on any atom is 0.0342 e. The Morgan fingerprint density at radius 1 is 0.850 bits per heavy atom. The molecule has 0 aliphatic heterocycles. The van der Waals surface area contributed by atoms with Gasteiger partial charge in [-0.05, 0) is 42.7 Å². The van der Waals surface area contributed by atoms with Crippen LogP contribution in [0.4, 0.5) is 11.4 Å². The van der Waals surface area contributed by atoms with Gasteiger partial charge in [0, 0.05) is 23.3 Å². The van der Waals surface area contributed by atoms with Gasteiger partial charge < -0.3 is 11.1 Å². The highest BCUT2D eigenvalue weighted by atomic mass is 14.9. The van der Waals surface area contributed by atoms with Crippen LogP contribution in [0.1, 0.15) is 37.2 Å². The molecule has 2 nitrogen and oxygen atoms in total. The second-order valence-corrected chi connectivity index (χ2v) is 5.67. The summed E-state index contributed by atoms with van der Waals surface area (Å²) in [6.07, 6.45) is 5.14. The number of para-hydroxylation sites is 1. The van der Waals surface area contributed by atoms with Crippen LogP contribution in [0.25, 0.3) is 0 Å². The Hall–Kier alpha value is -1.96. The Bertz CT molecular complexity index is 533. The molecule has 0 aromatic heterocycles. The molecular weight excluding hydrogens is 244 g/mol. The van der Waals surface area contributed by atoms with E-state index in [1.54, 1.807) is 0 Å². The van der Waals surface area contributed by atoms with Gasteiger partial charge in [0.1, 0.15) is 0 Å². The lowest BCUT2D eigenvalue weighted by atomic mass is 9.80. The van der Waals surface area contributed by atoms with Gasteiger partial charge in [-0.2, -0.15) is 0 Å². The third kappa shape index (κ3) is 2.96. The number of anilines is 2. The zero-order valence-electron chi connectivity index (χ0n) is 11.8. The fourth-order valence-electron chi connectivity index (χ4n) is 3.19. The normalized spacial score (nSPS) is 22.4. The summed E-state index contributed by atoms with van der Waals surface area (Å²) in [4.78, 5) is 0. The van der Waals surface area contributed by atoms with Crippen LogP contribution in [-0.4, -0.2) is 6.04 Å². The van der Waals surface area contributed by atoms with Crippen LogP contribution in [-0.2, 0) is 0 Å². The molecule has 0 amide bonds. The van der Waals surface area contributed by atoms with Crippen molar-refractivity contribution in [2.45, 2.75) is 37.6 Å². The average molecular weight is 266 g/mol. The molecule has 2 heteroatoms. The van der Waals surface area contributed by atoms with Gasteiger partial charge in [0.15, 0.2) is 0 Å². The smallest absolute Gasteiger partial charge is 0.0342 e. The van der Waals surface area contributed by atoms with Crippen molar-refractivity contribution in [2.24, 2.45) is 0 Å². The van der Waals surface area contributed by atoms with E-state index in [-0.39, 0.29) is 0 Å². The van der Waals surface area contributed by atoms with Crippen LogP contribution >= 0.6 is 0 Å². The molecule has 2 atom stereocenters. The van der Waals surface area contributed by atoms with Gasteiger partial charge in [0.25, 0.3) is 0 Å².